The molecule has 0 atom stereocenters. The van der Waals surface area contributed by atoms with Crippen LogP contribution in [0.25, 0.3) is 5.57 Å². The van der Waals surface area contributed by atoms with E-state index in [1.807, 2.05) is 11.8 Å². The molecule has 1 aliphatic rings. The molecule has 1 heteroatoms. The van der Waals surface area contributed by atoms with Crippen molar-refractivity contribution in [1.82, 2.24) is 0 Å². The number of hydrogen-bond acceptors (Lipinski definition) is 1. The highest BCUT2D eigenvalue weighted by Crippen LogP contribution is 2.29. The highest BCUT2D eigenvalue weighted by Gasteiger charge is 2.05. The number of thioether (sulfide) groups is 1. The second-order valence-electron chi connectivity index (χ2n) is 2.63. The molecule has 2 rings (SSSR count). The van der Waals surface area contributed by atoms with Crippen molar-refractivity contribution in [1.29, 1.82) is 0 Å². The van der Waals surface area contributed by atoms with Crippen LogP contribution in [0.5, 0.6) is 0 Å². The van der Waals surface area contributed by atoms with Crippen LogP contribution < -0.4 is 0 Å². The molecule has 0 bridgehead atoms. The third-order valence-corrected chi connectivity index (χ3v) is 2.75. The highest BCUT2D eigenvalue weighted by molar-refractivity contribution is 8.02. The molecule has 0 N–H and O–H groups in total. The van der Waals surface area contributed by atoms with Crippen LogP contribution in [-0.2, 0) is 0 Å². The third kappa shape index (κ3) is 1.48. The van der Waals surface area contributed by atoms with Gasteiger partial charge in [-0.3, -0.25) is 0 Å². The van der Waals surface area contributed by atoms with E-state index in [1.54, 1.807) is 0 Å². The lowest BCUT2D eigenvalue weighted by Crippen LogP contribution is -1.79. The van der Waals surface area contributed by atoms with Crippen LogP contribution in [0.15, 0.2) is 35.7 Å². The summed E-state index contributed by atoms with van der Waals surface area (Å²) in [6, 6.07) is 10.6. The Morgan fingerprint density at radius 1 is 1.09 bits per heavy atom. The van der Waals surface area contributed by atoms with Gasteiger partial charge in [0.05, 0.1) is 0 Å². The lowest BCUT2D eigenvalue weighted by molar-refractivity contribution is 1.29. The van der Waals surface area contributed by atoms with Crippen molar-refractivity contribution in [3.63, 3.8) is 0 Å². The first-order chi connectivity index (χ1) is 5.47. The first-order valence-corrected chi connectivity index (χ1v) is 4.88. The Morgan fingerprint density at radius 2 is 1.91 bits per heavy atom. The van der Waals surface area contributed by atoms with Gasteiger partial charge >= 0.3 is 0 Å². The van der Waals surface area contributed by atoms with Crippen molar-refractivity contribution in [2.45, 2.75) is 6.42 Å². The Balaban J connectivity index is 2.29. The van der Waals surface area contributed by atoms with Crippen LogP contribution >= 0.6 is 11.8 Å². The van der Waals surface area contributed by atoms with Crippen molar-refractivity contribution in [2.75, 3.05) is 5.75 Å². The Kier molecular flexibility index (Phi) is 1.99. The largest absolute Gasteiger partial charge is 0.133 e. The molecule has 1 aromatic rings. The molecule has 0 spiro atoms. The van der Waals surface area contributed by atoms with E-state index in [4.69, 9.17) is 0 Å². The predicted octanol–water partition coefficient (Wildman–Crippen LogP) is 3.16. The summed E-state index contributed by atoms with van der Waals surface area (Å²) in [4.78, 5) is 0. The maximum Gasteiger partial charge on any atom is 0.00151 e. The fourth-order valence-electron chi connectivity index (χ4n) is 1.25. The molecule has 0 nitrogen and oxygen atoms in total. The van der Waals surface area contributed by atoms with Gasteiger partial charge in [0.25, 0.3) is 0 Å². The average Bonchev–Trinajstić information content (AvgIpc) is 2.58. The second-order valence-corrected chi connectivity index (χ2v) is 3.61. The molecule has 11 heavy (non-hydrogen) atoms. The number of benzene rings is 1. The topological polar surface area (TPSA) is 0 Å². The van der Waals surface area contributed by atoms with Gasteiger partial charge in [-0.2, -0.15) is 0 Å². The van der Waals surface area contributed by atoms with Gasteiger partial charge in [-0.05, 0) is 23.0 Å². The van der Waals surface area contributed by atoms with Crippen molar-refractivity contribution in [2.24, 2.45) is 0 Å². The molecule has 0 radical (unpaired) electrons. The van der Waals surface area contributed by atoms with Crippen molar-refractivity contribution in [3.05, 3.63) is 41.3 Å². The molecule has 1 aromatic carbocycles. The number of hydrogen-bond donors (Lipinski definition) is 0. The van der Waals surface area contributed by atoms with E-state index in [0.717, 1.165) is 0 Å². The smallest absolute Gasteiger partial charge is 0.00151 e. The summed E-state index contributed by atoms with van der Waals surface area (Å²) >= 11 is 1.91. The summed E-state index contributed by atoms with van der Waals surface area (Å²) in [5, 5.41) is 2.27. The molecular weight excluding hydrogens is 152 g/mol. The van der Waals surface area contributed by atoms with Gasteiger partial charge in [-0.1, -0.05) is 30.3 Å². The minimum atomic E-state index is 1.23. The maximum atomic E-state index is 2.27. The predicted molar refractivity (Wildman–Crippen MR) is 51.5 cm³/mol. The van der Waals surface area contributed by atoms with E-state index in [9.17, 15) is 0 Å². The van der Waals surface area contributed by atoms with Gasteiger partial charge in [0, 0.05) is 5.75 Å². The van der Waals surface area contributed by atoms with Gasteiger partial charge in [0.2, 0.25) is 0 Å². The molecule has 0 fully saturated rings. The third-order valence-electron chi connectivity index (χ3n) is 1.86. The minimum absolute atomic E-state index is 1.23. The Morgan fingerprint density at radius 3 is 2.55 bits per heavy atom. The summed E-state index contributed by atoms with van der Waals surface area (Å²) in [6.45, 7) is 0. The summed E-state index contributed by atoms with van der Waals surface area (Å²) in [5.41, 5.74) is 2.88. The van der Waals surface area contributed by atoms with E-state index in [1.165, 1.54) is 23.3 Å². The molecule has 0 unspecified atom stereocenters. The second kappa shape index (κ2) is 3.14. The molecular formula is C10H10S. The maximum absolute atomic E-state index is 2.27. The monoisotopic (exact) mass is 162 g/mol. The molecule has 0 amide bonds. The van der Waals surface area contributed by atoms with Gasteiger partial charge in [0.15, 0.2) is 0 Å². The number of allylic oxidation sites excluding steroid dienone is 1. The zero-order chi connectivity index (χ0) is 7.52. The molecule has 0 aromatic heterocycles. The van der Waals surface area contributed by atoms with Crippen LogP contribution in [0.3, 0.4) is 0 Å². The SMILES string of the molecule is C1=C(c2ccccc2)CCS1. The minimum Gasteiger partial charge on any atom is -0.133 e. The van der Waals surface area contributed by atoms with E-state index in [-0.39, 0.29) is 0 Å². The van der Waals surface area contributed by atoms with E-state index in [2.05, 4.69) is 35.7 Å². The van der Waals surface area contributed by atoms with E-state index in [0.29, 0.717) is 0 Å². The quantitative estimate of drug-likeness (QED) is 0.611. The van der Waals surface area contributed by atoms with Crippen LogP contribution in [-0.4, -0.2) is 5.75 Å². The van der Waals surface area contributed by atoms with Crippen LogP contribution in [0.4, 0.5) is 0 Å². The first-order valence-electron chi connectivity index (χ1n) is 3.83. The fourth-order valence-corrected chi connectivity index (χ4v) is 2.16. The summed E-state index contributed by atoms with van der Waals surface area (Å²) in [6.07, 6.45) is 1.23. The van der Waals surface area contributed by atoms with Gasteiger partial charge < -0.3 is 0 Å². The van der Waals surface area contributed by atoms with Crippen molar-refractivity contribution in [3.8, 4) is 0 Å². The standard InChI is InChI=1S/C10H10S/c1-2-4-9(5-3-1)10-6-7-11-8-10/h1-5,8H,6-7H2. The Labute approximate surface area is 71.3 Å². The first kappa shape index (κ1) is 6.99. The Bertz CT molecular complexity index is 261. The molecule has 0 aliphatic carbocycles. The van der Waals surface area contributed by atoms with E-state index < -0.39 is 0 Å². The fraction of sp³-hybridized carbons (Fsp3) is 0.200. The van der Waals surface area contributed by atoms with Gasteiger partial charge in [-0.25, -0.2) is 0 Å². The van der Waals surface area contributed by atoms with Crippen LogP contribution in [0.2, 0.25) is 0 Å². The summed E-state index contributed by atoms with van der Waals surface area (Å²) in [7, 11) is 0. The van der Waals surface area contributed by atoms with Gasteiger partial charge in [0.1, 0.15) is 0 Å². The van der Waals surface area contributed by atoms with E-state index >= 15 is 0 Å². The average molecular weight is 162 g/mol. The van der Waals surface area contributed by atoms with Crippen LogP contribution in [0, 0.1) is 0 Å². The number of rotatable bonds is 1. The zero-order valence-corrected chi connectivity index (χ0v) is 7.10. The Hall–Kier alpha value is -0.690. The molecule has 0 saturated carbocycles. The van der Waals surface area contributed by atoms with Gasteiger partial charge in [-0.15, -0.1) is 11.8 Å². The summed E-state index contributed by atoms with van der Waals surface area (Å²) in [5.74, 6) is 1.25. The van der Waals surface area contributed by atoms with Crippen molar-refractivity contribution >= 4 is 17.3 Å². The molecule has 1 heterocycles. The van der Waals surface area contributed by atoms with Crippen LogP contribution in [0.1, 0.15) is 12.0 Å². The molecule has 0 saturated heterocycles. The normalized spacial score (nSPS) is 16.5. The summed E-state index contributed by atoms with van der Waals surface area (Å²) < 4.78 is 0. The lowest BCUT2D eigenvalue weighted by atomic mass is 10.1. The molecule has 56 valence electrons. The highest BCUT2D eigenvalue weighted by atomic mass is 32.2. The lowest BCUT2D eigenvalue weighted by Gasteiger charge is -1.98. The molecule has 1 aliphatic heterocycles. The van der Waals surface area contributed by atoms with Crippen molar-refractivity contribution < 1.29 is 0 Å². The zero-order valence-electron chi connectivity index (χ0n) is 6.29.